The van der Waals surface area contributed by atoms with Gasteiger partial charge in [0.1, 0.15) is 0 Å². The maximum absolute atomic E-state index is 12.0. The van der Waals surface area contributed by atoms with E-state index in [2.05, 4.69) is 15.8 Å². The number of aromatic carboxylic acids is 1. The molecule has 30 heavy (non-hydrogen) atoms. The molecule has 154 valence electrons. The van der Waals surface area contributed by atoms with Gasteiger partial charge in [-0.2, -0.15) is 5.10 Å². The Morgan fingerprint density at radius 2 is 1.87 bits per heavy atom. The summed E-state index contributed by atoms with van der Waals surface area (Å²) < 4.78 is 1.89. The summed E-state index contributed by atoms with van der Waals surface area (Å²) in [6.45, 7) is 3.76. The Morgan fingerprint density at radius 1 is 1.10 bits per heavy atom. The normalized spacial score (nSPS) is 10.9. The molecular formula is C21H18Cl2N4O3. The van der Waals surface area contributed by atoms with E-state index < -0.39 is 12.0 Å². The van der Waals surface area contributed by atoms with Crippen LogP contribution in [-0.4, -0.2) is 27.9 Å². The summed E-state index contributed by atoms with van der Waals surface area (Å²) in [6, 6.07) is 12.9. The molecule has 2 amide bonds. The van der Waals surface area contributed by atoms with Crippen LogP contribution in [0.2, 0.25) is 10.0 Å². The lowest BCUT2D eigenvalue weighted by Gasteiger charge is -2.11. The predicted octanol–water partition coefficient (Wildman–Crippen LogP) is 5.25. The minimum Gasteiger partial charge on any atom is -0.478 e. The van der Waals surface area contributed by atoms with Crippen LogP contribution in [0.15, 0.2) is 53.6 Å². The average Bonchev–Trinajstić information content (AvgIpc) is 2.95. The number of hydrogen-bond donors (Lipinski definition) is 3. The summed E-state index contributed by atoms with van der Waals surface area (Å²) in [7, 11) is 0. The van der Waals surface area contributed by atoms with Gasteiger partial charge in [-0.1, -0.05) is 29.3 Å². The predicted molar refractivity (Wildman–Crippen MR) is 118 cm³/mol. The molecule has 0 aliphatic rings. The minimum absolute atomic E-state index is 0.0243. The number of aromatic nitrogens is 1. The second-order valence-corrected chi connectivity index (χ2v) is 7.31. The molecule has 3 rings (SSSR count). The number of nitrogens with zero attached hydrogens (tertiary/aromatic N) is 2. The van der Waals surface area contributed by atoms with Gasteiger partial charge < -0.3 is 15.0 Å². The van der Waals surface area contributed by atoms with E-state index in [1.807, 2.05) is 24.5 Å². The monoisotopic (exact) mass is 444 g/mol. The largest absolute Gasteiger partial charge is 0.478 e. The maximum Gasteiger partial charge on any atom is 0.339 e. The molecular weight excluding hydrogens is 427 g/mol. The summed E-state index contributed by atoms with van der Waals surface area (Å²) in [5.41, 5.74) is 6.10. The van der Waals surface area contributed by atoms with E-state index in [0.717, 1.165) is 17.0 Å². The van der Waals surface area contributed by atoms with Crippen molar-refractivity contribution in [3.63, 3.8) is 0 Å². The van der Waals surface area contributed by atoms with E-state index in [0.29, 0.717) is 16.4 Å². The van der Waals surface area contributed by atoms with Crippen molar-refractivity contribution in [3.8, 4) is 5.69 Å². The van der Waals surface area contributed by atoms with E-state index in [9.17, 15) is 14.7 Å². The molecule has 0 radical (unpaired) electrons. The van der Waals surface area contributed by atoms with Crippen molar-refractivity contribution in [2.45, 2.75) is 13.8 Å². The van der Waals surface area contributed by atoms with Crippen molar-refractivity contribution < 1.29 is 14.7 Å². The van der Waals surface area contributed by atoms with Crippen LogP contribution in [0.5, 0.6) is 0 Å². The van der Waals surface area contributed by atoms with Crippen LogP contribution in [0.25, 0.3) is 5.69 Å². The lowest BCUT2D eigenvalue weighted by atomic mass is 10.2. The molecule has 1 heterocycles. The Balaban J connectivity index is 1.76. The molecule has 1 aromatic heterocycles. The lowest BCUT2D eigenvalue weighted by Crippen LogP contribution is -2.24. The third kappa shape index (κ3) is 4.82. The van der Waals surface area contributed by atoms with E-state index in [-0.39, 0.29) is 10.6 Å². The number of carbonyl (C=O) groups excluding carboxylic acids is 1. The second-order valence-electron chi connectivity index (χ2n) is 6.47. The Kier molecular flexibility index (Phi) is 6.44. The molecule has 3 N–H and O–H groups in total. The van der Waals surface area contributed by atoms with Crippen molar-refractivity contribution in [2.75, 3.05) is 5.32 Å². The molecule has 0 saturated carbocycles. The van der Waals surface area contributed by atoms with Crippen molar-refractivity contribution >= 4 is 47.1 Å². The second kappa shape index (κ2) is 9.02. The van der Waals surface area contributed by atoms with Gasteiger partial charge in [-0.25, -0.2) is 15.0 Å². The zero-order valence-corrected chi connectivity index (χ0v) is 17.6. The zero-order valence-electron chi connectivity index (χ0n) is 16.1. The molecule has 7 nitrogen and oxygen atoms in total. The Bertz CT molecular complexity index is 1160. The highest BCUT2D eigenvalue weighted by atomic mass is 35.5. The average molecular weight is 445 g/mol. The summed E-state index contributed by atoms with van der Waals surface area (Å²) >= 11 is 11.9. The minimum atomic E-state index is -1.10. The number of aryl methyl sites for hydroxylation is 1. The molecule has 0 atom stereocenters. The quantitative estimate of drug-likeness (QED) is 0.370. The lowest BCUT2D eigenvalue weighted by molar-refractivity contribution is 0.0697. The fraction of sp³-hybridized carbons (Fsp3) is 0.0952. The molecule has 9 heteroatoms. The molecule has 0 aliphatic heterocycles. The van der Waals surface area contributed by atoms with Crippen LogP contribution >= 0.6 is 23.2 Å². The first kappa shape index (κ1) is 21.4. The number of halogens is 2. The Hall–Kier alpha value is -3.29. The smallest absolute Gasteiger partial charge is 0.339 e. The van der Waals surface area contributed by atoms with Crippen molar-refractivity contribution in [1.82, 2.24) is 9.99 Å². The summed E-state index contributed by atoms with van der Waals surface area (Å²) in [5.74, 6) is -1.10. The molecule has 0 aliphatic carbocycles. The number of hydrogen-bond acceptors (Lipinski definition) is 3. The van der Waals surface area contributed by atoms with Gasteiger partial charge in [0.15, 0.2) is 0 Å². The number of carboxylic acid groups (broad SMARTS) is 1. The maximum atomic E-state index is 12.0. The van der Waals surface area contributed by atoms with Crippen molar-refractivity contribution in [2.24, 2.45) is 5.10 Å². The first-order chi connectivity index (χ1) is 14.3. The summed E-state index contributed by atoms with van der Waals surface area (Å²) in [5, 5.41) is 16.6. The summed E-state index contributed by atoms with van der Waals surface area (Å²) in [4.78, 5) is 23.3. The molecule has 0 unspecified atom stereocenters. The van der Waals surface area contributed by atoms with Crippen LogP contribution in [-0.2, 0) is 0 Å². The number of amides is 2. The topological polar surface area (TPSA) is 95.7 Å². The molecule has 0 bridgehead atoms. The van der Waals surface area contributed by atoms with E-state index >= 15 is 0 Å². The van der Waals surface area contributed by atoms with E-state index in [1.54, 1.807) is 36.4 Å². The number of rotatable bonds is 5. The molecule has 0 fully saturated rings. The van der Waals surface area contributed by atoms with Crippen LogP contribution in [0.3, 0.4) is 0 Å². The van der Waals surface area contributed by atoms with Crippen LogP contribution < -0.4 is 10.7 Å². The van der Waals surface area contributed by atoms with Crippen LogP contribution in [0, 0.1) is 13.8 Å². The first-order valence-corrected chi connectivity index (χ1v) is 9.59. The first-order valence-electron chi connectivity index (χ1n) is 8.84. The fourth-order valence-corrected chi connectivity index (χ4v) is 3.41. The van der Waals surface area contributed by atoms with Gasteiger partial charge in [0.2, 0.25) is 0 Å². The Morgan fingerprint density at radius 3 is 2.57 bits per heavy atom. The fourth-order valence-electron chi connectivity index (χ4n) is 3.02. The number of anilines is 1. The van der Waals surface area contributed by atoms with Crippen molar-refractivity contribution in [1.29, 1.82) is 0 Å². The number of nitrogens with one attached hydrogen (secondary N) is 2. The van der Waals surface area contributed by atoms with Gasteiger partial charge in [0, 0.05) is 33.3 Å². The van der Waals surface area contributed by atoms with E-state index in [4.69, 9.17) is 23.2 Å². The number of hydrazone groups is 1. The van der Waals surface area contributed by atoms with Gasteiger partial charge in [-0.15, -0.1) is 0 Å². The third-order valence-electron chi connectivity index (χ3n) is 4.36. The van der Waals surface area contributed by atoms with Crippen LogP contribution in [0.4, 0.5) is 10.5 Å². The molecule has 0 saturated heterocycles. The standard InChI is InChI=1S/C21H18Cl2N4O3/c1-12-8-14(11-24-26-21(30)25-16-5-3-4-15(22)9-16)13(2)27(12)17-6-7-19(23)18(10-17)20(28)29/h3-11H,1-2H3,(H,28,29)(H2,25,26,30)/b24-11+. The highest BCUT2D eigenvalue weighted by molar-refractivity contribution is 6.33. The SMILES string of the molecule is Cc1cc(/C=N/NC(=O)Nc2cccc(Cl)c2)c(C)n1-c1ccc(Cl)c(C(=O)O)c1. The summed E-state index contributed by atoms with van der Waals surface area (Å²) in [6.07, 6.45) is 1.52. The highest BCUT2D eigenvalue weighted by Crippen LogP contribution is 2.24. The molecule has 3 aromatic rings. The van der Waals surface area contributed by atoms with Gasteiger partial charge in [0.25, 0.3) is 0 Å². The third-order valence-corrected chi connectivity index (χ3v) is 4.93. The number of urea groups is 1. The van der Waals surface area contributed by atoms with Gasteiger partial charge in [-0.05, 0) is 56.3 Å². The number of benzene rings is 2. The van der Waals surface area contributed by atoms with E-state index in [1.165, 1.54) is 12.3 Å². The van der Waals surface area contributed by atoms with Gasteiger partial charge in [0.05, 0.1) is 16.8 Å². The van der Waals surface area contributed by atoms with Gasteiger partial charge >= 0.3 is 12.0 Å². The van der Waals surface area contributed by atoms with Crippen molar-refractivity contribution in [3.05, 3.63) is 81.1 Å². The van der Waals surface area contributed by atoms with Crippen LogP contribution in [0.1, 0.15) is 27.3 Å². The van der Waals surface area contributed by atoms with Gasteiger partial charge in [-0.3, -0.25) is 0 Å². The number of carboxylic acids is 1. The zero-order chi connectivity index (χ0) is 21.8. The molecule has 0 spiro atoms. The Labute approximate surface area is 182 Å². The highest BCUT2D eigenvalue weighted by Gasteiger charge is 2.14. The molecule has 2 aromatic carbocycles. The number of carbonyl (C=O) groups is 2.